The van der Waals surface area contributed by atoms with Gasteiger partial charge in [0.05, 0.1) is 6.61 Å². The number of hydrogen-bond donors (Lipinski definition) is 1. The summed E-state index contributed by atoms with van der Waals surface area (Å²) in [6.07, 6.45) is 97.1. The topological polar surface area (TPSA) is 72.8 Å². The van der Waals surface area contributed by atoms with Gasteiger partial charge < -0.3 is 14.6 Å². The van der Waals surface area contributed by atoms with E-state index in [1.807, 2.05) is 0 Å². The molecule has 0 aliphatic heterocycles. The summed E-state index contributed by atoms with van der Waals surface area (Å²) in [7, 11) is 0. The normalized spacial score (nSPS) is 12.8. The number of carbonyl (C=O) groups is 2. The first-order valence-electron chi connectivity index (χ1n) is 33.8. The van der Waals surface area contributed by atoms with E-state index >= 15 is 0 Å². The van der Waals surface area contributed by atoms with E-state index in [1.54, 1.807) is 0 Å². The molecule has 0 fully saturated rings. The van der Waals surface area contributed by atoms with Crippen molar-refractivity contribution in [3.8, 4) is 0 Å². The van der Waals surface area contributed by atoms with Crippen LogP contribution in [0.25, 0.3) is 0 Å². The first-order valence-corrected chi connectivity index (χ1v) is 33.8. The molecule has 1 unspecified atom stereocenters. The van der Waals surface area contributed by atoms with Gasteiger partial charge in [0.1, 0.15) is 6.61 Å². The summed E-state index contributed by atoms with van der Waals surface area (Å²) in [5.41, 5.74) is 0. The fourth-order valence-electron chi connectivity index (χ4n) is 9.83. The van der Waals surface area contributed by atoms with Crippen molar-refractivity contribution in [1.82, 2.24) is 0 Å². The summed E-state index contributed by atoms with van der Waals surface area (Å²) >= 11 is 0. The summed E-state index contributed by atoms with van der Waals surface area (Å²) in [5.74, 6) is -0.584. The van der Waals surface area contributed by atoms with Crippen molar-refractivity contribution in [3.63, 3.8) is 0 Å². The molecule has 5 nitrogen and oxygen atoms in total. The standard InChI is InChI=1S/C73H128O5/c1-3-5-7-9-11-13-15-17-19-21-23-25-27-29-31-32-33-34-35-36-37-38-39-40-42-43-45-47-49-51-53-55-57-59-61-63-65-67-72(75)77-70-71(69-74)78-73(76)68-66-64-62-60-58-56-54-52-50-48-46-44-41-30-28-26-24-22-20-18-16-14-12-10-8-6-4-2/h6,8,12,14-15,17-18,20-21,23-24,26-27,29-30,41,71,74H,3-5,7,9-11,13,16,19,22,25,28,31-40,42-70H2,1-2H3/b8-6-,14-12-,17-15-,20-18-,23-21-,26-24-,29-27-,41-30-. The van der Waals surface area contributed by atoms with Crippen LogP contribution in [-0.2, 0) is 19.1 Å². The Labute approximate surface area is 485 Å². The van der Waals surface area contributed by atoms with Gasteiger partial charge in [-0.25, -0.2) is 0 Å². The predicted octanol–water partition coefficient (Wildman–Crippen LogP) is 23.4. The van der Waals surface area contributed by atoms with Gasteiger partial charge in [0.15, 0.2) is 6.10 Å². The van der Waals surface area contributed by atoms with Crippen molar-refractivity contribution in [3.05, 3.63) is 97.2 Å². The number of hydrogen-bond acceptors (Lipinski definition) is 5. The molecule has 0 rings (SSSR count). The first kappa shape index (κ1) is 74.8. The average molecular weight is 1090 g/mol. The largest absolute Gasteiger partial charge is 0.462 e. The Bertz CT molecular complexity index is 1460. The van der Waals surface area contributed by atoms with E-state index in [0.717, 1.165) is 83.5 Å². The summed E-state index contributed by atoms with van der Waals surface area (Å²) in [4.78, 5) is 24.6. The third kappa shape index (κ3) is 65.3. The van der Waals surface area contributed by atoms with Crippen molar-refractivity contribution in [2.24, 2.45) is 0 Å². The Morgan fingerprint density at radius 3 is 0.833 bits per heavy atom. The van der Waals surface area contributed by atoms with Crippen molar-refractivity contribution in [1.29, 1.82) is 0 Å². The second kappa shape index (κ2) is 68.1. The fraction of sp³-hybridized carbons (Fsp3) is 0.753. The SMILES string of the molecule is CC/C=C\C/C=C\C/C=C\C/C=C\C/C=C\CCCCCCCCCCCCCC(=O)OC(CO)COC(=O)CCCCCCCCCCCCCCCCCCCCCCCC/C=C\C/C=C\C/C=C\CCCCCCC. The Morgan fingerprint density at radius 1 is 0.308 bits per heavy atom. The second-order valence-corrected chi connectivity index (χ2v) is 22.5. The lowest BCUT2D eigenvalue weighted by molar-refractivity contribution is -0.161. The molecule has 0 aliphatic carbocycles. The van der Waals surface area contributed by atoms with Gasteiger partial charge in [0, 0.05) is 12.8 Å². The predicted molar refractivity (Wildman–Crippen MR) is 343 cm³/mol. The molecule has 0 saturated carbocycles. The minimum atomic E-state index is -0.779. The van der Waals surface area contributed by atoms with E-state index < -0.39 is 6.10 Å². The van der Waals surface area contributed by atoms with Crippen LogP contribution in [0, 0.1) is 0 Å². The summed E-state index contributed by atoms with van der Waals surface area (Å²) in [5, 5.41) is 9.69. The summed E-state index contributed by atoms with van der Waals surface area (Å²) in [6, 6.07) is 0. The van der Waals surface area contributed by atoms with Crippen LogP contribution in [0.1, 0.15) is 335 Å². The smallest absolute Gasteiger partial charge is 0.306 e. The number of allylic oxidation sites excluding steroid dienone is 16. The molecule has 0 aliphatic rings. The third-order valence-corrected chi connectivity index (χ3v) is 14.9. The highest BCUT2D eigenvalue weighted by Gasteiger charge is 2.16. The van der Waals surface area contributed by atoms with Gasteiger partial charge in [0.2, 0.25) is 0 Å². The first-order chi connectivity index (χ1) is 38.6. The van der Waals surface area contributed by atoms with Crippen molar-refractivity contribution in [2.75, 3.05) is 13.2 Å². The van der Waals surface area contributed by atoms with E-state index in [2.05, 4.69) is 111 Å². The number of unbranched alkanes of at least 4 members (excludes halogenated alkanes) is 38. The Balaban J connectivity index is 3.44. The number of esters is 2. The molecule has 1 atom stereocenters. The van der Waals surface area contributed by atoms with Gasteiger partial charge in [-0.1, -0.05) is 323 Å². The highest BCUT2D eigenvalue weighted by atomic mass is 16.6. The van der Waals surface area contributed by atoms with Crippen molar-refractivity contribution in [2.45, 2.75) is 341 Å². The molecule has 0 bridgehead atoms. The minimum absolute atomic E-state index is 0.0675. The lowest BCUT2D eigenvalue weighted by Crippen LogP contribution is -2.28. The molecule has 0 amide bonds. The molecule has 0 heterocycles. The molecule has 5 heteroatoms. The van der Waals surface area contributed by atoms with Crippen LogP contribution in [0.5, 0.6) is 0 Å². The van der Waals surface area contributed by atoms with Crippen molar-refractivity contribution >= 4 is 11.9 Å². The second-order valence-electron chi connectivity index (χ2n) is 22.5. The Kier molecular flexibility index (Phi) is 65.3. The number of aliphatic hydroxyl groups is 1. The summed E-state index contributed by atoms with van der Waals surface area (Å²) in [6.45, 7) is 4.04. The maximum atomic E-state index is 12.3. The maximum absolute atomic E-state index is 12.3. The van der Waals surface area contributed by atoms with Crippen LogP contribution in [0.15, 0.2) is 97.2 Å². The van der Waals surface area contributed by atoms with Crippen LogP contribution >= 0.6 is 0 Å². The number of carbonyl (C=O) groups excluding carboxylic acids is 2. The zero-order chi connectivity index (χ0) is 56.2. The van der Waals surface area contributed by atoms with Crippen molar-refractivity contribution < 1.29 is 24.2 Å². The number of rotatable bonds is 62. The molecular formula is C73H128O5. The minimum Gasteiger partial charge on any atom is -0.462 e. The molecule has 1 N–H and O–H groups in total. The molecule has 0 radical (unpaired) electrons. The number of ether oxygens (including phenoxy) is 2. The van der Waals surface area contributed by atoms with E-state index in [4.69, 9.17) is 9.47 Å². The highest BCUT2D eigenvalue weighted by molar-refractivity contribution is 5.70. The molecule has 0 aromatic heterocycles. The molecule has 450 valence electrons. The fourth-order valence-corrected chi connectivity index (χ4v) is 9.83. The van der Waals surface area contributed by atoms with Crippen LogP contribution in [0.2, 0.25) is 0 Å². The summed E-state index contributed by atoms with van der Waals surface area (Å²) < 4.78 is 10.8. The lowest BCUT2D eigenvalue weighted by atomic mass is 10.0. The third-order valence-electron chi connectivity index (χ3n) is 14.9. The lowest BCUT2D eigenvalue weighted by Gasteiger charge is -2.15. The molecule has 0 spiro atoms. The monoisotopic (exact) mass is 1080 g/mol. The van der Waals surface area contributed by atoms with Gasteiger partial charge in [-0.2, -0.15) is 0 Å². The van der Waals surface area contributed by atoms with Crippen LogP contribution in [0.4, 0.5) is 0 Å². The Hall–Kier alpha value is -3.18. The molecule has 0 aromatic carbocycles. The van der Waals surface area contributed by atoms with Crippen LogP contribution in [-0.4, -0.2) is 36.4 Å². The molecule has 0 saturated heterocycles. The van der Waals surface area contributed by atoms with Gasteiger partial charge >= 0.3 is 11.9 Å². The molecular weight excluding hydrogens is 957 g/mol. The van der Waals surface area contributed by atoms with E-state index in [-0.39, 0.29) is 25.2 Å². The van der Waals surface area contributed by atoms with Gasteiger partial charge in [-0.05, 0) is 96.3 Å². The van der Waals surface area contributed by atoms with E-state index in [0.29, 0.717) is 12.8 Å². The number of aliphatic hydroxyl groups excluding tert-OH is 1. The zero-order valence-corrected chi connectivity index (χ0v) is 51.7. The quantitative estimate of drug-likeness (QED) is 0.0373. The maximum Gasteiger partial charge on any atom is 0.306 e. The van der Waals surface area contributed by atoms with E-state index in [9.17, 15) is 14.7 Å². The van der Waals surface area contributed by atoms with Crippen LogP contribution < -0.4 is 0 Å². The Morgan fingerprint density at radius 2 is 0.551 bits per heavy atom. The zero-order valence-electron chi connectivity index (χ0n) is 51.7. The van der Waals surface area contributed by atoms with Gasteiger partial charge in [0.25, 0.3) is 0 Å². The molecule has 0 aromatic rings. The van der Waals surface area contributed by atoms with E-state index in [1.165, 1.54) is 225 Å². The van der Waals surface area contributed by atoms with Crippen LogP contribution in [0.3, 0.4) is 0 Å². The van der Waals surface area contributed by atoms with Gasteiger partial charge in [-0.15, -0.1) is 0 Å². The average Bonchev–Trinajstić information content (AvgIpc) is 3.44. The van der Waals surface area contributed by atoms with Gasteiger partial charge in [-0.3, -0.25) is 9.59 Å². The molecule has 78 heavy (non-hydrogen) atoms. The highest BCUT2D eigenvalue weighted by Crippen LogP contribution is 2.18.